The molecular formula is C21H22ClNO2. The molecule has 1 aromatic rings. The molecule has 3 nitrogen and oxygen atoms in total. The van der Waals surface area contributed by atoms with Crippen molar-refractivity contribution < 1.29 is 9.53 Å². The second kappa shape index (κ2) is 4.82. The van der Waals surface area contributed by atoms with E-state index < -0.39 is 0 Å². The number of methoxy groups -OCH3 is 1. The van der Waals surface area contributed by atoms with Gasteiger partial charge in [0.05, 0.1) is 17.7 Å². The van der Waals surface area contributed by atoms with Crippen molar-refractivity contribution in [2.24, 2.45) is 47.3 Å². The van der Waals surface area contributed by atoms with E-state index in [-0.39, 0.29) is 5.91 Å². The summed E-state index contributed by atoms with van der Waals surface area (Å²) in [5, 5.41) is 3.50. The third-order valence-corrected chi connectivity index (χ3v) is 8.49. The van der Waals surface area contributed by atoms with Gasteiger partial charge in [0.25, 0.3) is 5.91 Å². The molecule has 1 aromatic carbocycles. The molecule has 7 rings (SSSR count). The molecule has 6 saturated carbocycles. The lowest BCUT2D eigenvalue weighted by Crippen LogP contribution is -2.30. The van der Waals surface area contributed by atoms with Crippen LogP contribution in [0.4, 0.5) is 0 Å². The summed E-state index contributed by atoms with van der Waals surface area (Å²) in [7, 11) is 1.59. The standard InChI is InChI=1S/C21H22ClNO2/c1-25-9-2-3-16(22)13(6-9)21(24)23-5-4-10-17-14-7-11-12-8-15(19(11)17)18(10)20(12)14/h2-4,6,11-12,14-15,17-20H,5,7-8H2,1H3,(H,23,24). The van der Waals surface area contributed by atoms with Gasteiger partial charge < -0.3 is 10.1 Å². The number of rotatable bonds is 4. The molecule has 0 aliphatic heterocycles. The van der Waals surface area contributed by atoms with Crippen LogP contribution in [-0.4, -0.2) is 19.6 Å². The van der Waals surface area contributed by atoms with E-state index in [0.717, 1.165) is 47.3 Å². The third-order valence-electron chi connectivity index (χ3n) is 8.16. The van der Waals surface area contributed by atoms with Crippen molar-refractivity contribution in [2.75, 3.05) is 13.7 Å². The van der Waals surface area contributed by atoms with Crippen LogP contribution in [0.25, 0.3) is 0 Å². The summed E-state index contributed by atoms with van der Waals surface area (Å²) in [6.07, 6.45) is 5.35. The van der Waals surface area contributed by atoms with Crippen LogP contribution in [0.3, 0.4) is 0 Å². The normalized spacial score (nSPS) is 43.5. The molecule has 8 unspecified atom stereocenters. The number of halogens is 1. The van der Waals surface area contributed by atoms with Crippen LogP contribution in [0.5, 0.6) is 5.75 Å². The minimum atomic E-state index is -0.123. The summed E-state index contributed by atoms with van der Waals surface area (Å²) >= 11 is 6.17. The average molecular weight is 356 g/mol. The smallest absolute Gasteiger partial charge is 0.253 e. The number of nitrogens with one attached hydrogen (secondary N) is 1. The number of amides is 1. The van der Waals surface area contributed by atoms with Crippen molar-refractivity contribution in [1.82, 2.24) is 5.32 Å². The van der Waals surface area contributed by atoms with Crippen LogP contribution in [0.2, 0.25) is 5.02 Å². The molecule has 0 spiro atoms. The zero-order valence-electron chi connectivity index (χ0n) is 14.2. The molecule has 8 atom stereocenters. The monoisotopic (exact) mass is 355 g/mol. The van der Waals surface area contributed by atoms with Crippen molar-refractivity contribution >= 4 is 17.5 Å². The van der Waals surface area contributed by atoms with E-state index in [4.69, 9.17) is 16.3 Å². The van der Waals surface area contributed by atoms with Gasteiger partial charge in [-0.25, -0.2) is 0 Å². The van der Waals surface area contributed by atoms with Crippen molar-refractivity contribution in [3.63, 3.8) is 0 Å². The number of carbonyl (C=O) groups excluding carboxylic acids is 1. The Hall–Kier alpha value is -1.48. The Morgan fingerprint density at radius 1 is 1.20 bits per heavy atom. The second-order valence-corrected chi connectivity index (χ2v) is 9.00. The van der Waals surface area contributed by atoms with Gasteiger partial charge >= 0.3 is 0 Å². The van der Waals surface area contributed by atoms with Gasteiger partial charge in [-0.2, -0.15) is 0 Å². The number of hydrogen-bond acceptors (Lipinski definition) is 2. The van der Waals surface area contributed by atoms with Crippen molar-refractivity contribution in [3.05, 3.63) is 40.4 Å². The van der Waals surface area contributed by atoms with Gasteiger partial charge in [0.15, 0.2) is 0 Å². The van der Waals surface area contributed by atoms with Crippen LogP contribution in [0.1, 0.15) is 23.2 Å². The number of ether oxygens (including phenoxy) is 1. The quantitative estimate of drug-likeness (QED) is 0.835. The first-order chi connectivity index (χ1) is 12.2. The first-order valence-electron chi connectivity index (χ1n) is 9.50. The first-order valence-corrected chi connectivity index (χ1v) is 9.88. The Morgan fingerprint density at radius 3 is 2.52 bits per heavy atom. The molecule has 25 heavy (non-hydrogen) atoms. The molecule has 6 bridgehead atoms. The summed E-state index contributed by atoms with van der Waals surface area (Å²) in [6, 6.07) is 5.18. The molecule has 0 aromatic heterocycles. The van der Waals surface area contributed by atoms with Gasteiger partial charge in [0.1, 0.15) is 5.75 Å². The van der Waals surface area contributed by atoms with Crippen LogP contribution in [0, 0.1) is 47.3 Å². The lowest BCUT2D eigenvalue weighted by molar-refractivity contribution is 0.0957. The molecule has 6 fully saturated rings. The molecule has 0 radical (unpaired) electrons. The average Bonchev–Trinajstić information content (AvgIpc) is 3.34. The highest BCUT2D eigenvalue weighted by Crippen LogP contribution is 2.84. The van der Waals surface area contributed by atoms with Crippen LogP contribution < -0.4 is 10.1 Å². The van der Waals surface area contributed by atoms with E-state index in [2.05, 4.69) is 11.4 Å². The fourth-order valence-electron chi connectivity index (χ4n) is 7.82. The Labute approximate surface area is 152 Å². The predicted octanol–water partition coefficient (Wildman–Crippen LogP) is 3.78. The molecule has 130 valence electrons. The van der Waals surface area contributed by atoms with E-state index in [1.165, 1.54) is 12.8 Å². The van der Waals surface area contributed by atoms with E-state index >= 15 is 0 Å². The fraction of sp³-hybridized carbons (Fsp3) is 0.571. The molecule has 6 aliphatic carbocycles. The van der Waals surface area contributed by atoms with Gasteiger partial charge in [0, 0.05) is 6.54 Å². The Bertz CT molecular complexity index is 788. The molecule has 6 aliphatic rings. The first kappa shape index (κ1) is 14.7. The van der Waals surface area contributed by atoms with E-state index in [0.29, 0.717) is 22.9 Å². The van der Waals surface area contributed by atoms with E-state index in [1.54, 1.807) is 30.9 Å². The minimum absolute atomic E-state index is 0.123. The van der Waals surface area contributed by atoms with Gasteiger partial charge in [-0.15, -0.1) is 0 Å². The van der Waals surface area contributed by atoms with Crippen LogP contribution in [-0.2, 0) is 0 Å². The van der Waals surface area contributed by atoms with Gasteiger partial charge in [-0.05, 0) is 78.4 Å². The van der Waals surface area contributed by atoms with Crippen LogP contribution >= 0.6 is 11.6 Å². The topological polar surface area (TPSA) is 38.3 Å². The highest BCUT2D eigenvalue weighted by molar-refractivity contribution is 6.33. The lowest BCUT2D eigenvalue weighted by Gasteiger charge is -2.33. The molecule has 4 heteroatoms. The number of allylic oxidation sites excluding steroid dienone is 1. The maximum Gasteiger partial charge on any atom is 0.253 e. The summed E-state index contributed by atoms with van der Waals surface area (Å²) in [6.45, 7) is 0.614. The van der Waals surface area contributed by atoms with Crippen molar-refractivity contribution in [1.29, 1.82) is 0 Å². The second-order valence-electron chi connectivity index (χ2n) is 8.59. The fourth-order valence-corrected chi connectivity index (χ4v) is 8.02. The Kier molecular flexibility index (Phi) is 2.83. The SMILES string of the molecule is COc1ccc(Cl)c(C(=O)NCC=C2C3C4CC5C6CC(C2C64)C53)c1. The Balaban J connectivity index is 1.19. The van der Waals surface area contributed by atoms with Gasteiger partial charge in [-0.1, -0.05) is 23.3 Å². The predicted molar refractivity (Wildman–Crippen MR) is 95.6 cm³/mol. The molecule has 1 amide bonds. The highest BCUT2D eigenvalue weighted by Gasteiger charge is 2.78. The lowest BCUT2D eigenvalue weighted by atomic mass is 9.71. The van der Waals surface area contributed by atoms with Crippen molar-refractivity contribution in [2.45, 2.75) is 12.8 Å². The van der Waals surface area contributed by atoms with E-state index in [9.17, 15) is 4.79 Å². The maximum atomic E-state index is 12.5. The molecule has 0 saturated heterocycles. The van der Waals surface area contributed by atoms with Gasteiger partial charge in [-0.3, -0.25) is 4.79 Å². The zero-order valence-corrected chi connectivity index (χ0v) is 15.0. The van der Waals surface area contributed by atoms with E-state index in [1.807, 2.05) is 0 Å². The summed E-state index contributed by atoms with van der Waals surface area (Å²) in [5.41, 5.74) is 2.18. The largest absolute Gasteiger partial charge is 0.497 e. The Morgan fingerprint density at radius 2 is 1.88 bits per heavy atom. The van der Waals surface area contributed by atoms with Crippen molar-refractivity contribution in [3.8, 4) is 5.75 Å². The number of benzene rings is 1. The molecule has 1 N–H and O–H groups in total. The number of carbonyl (C=O) groups is 1. The third kappa shape index (κ3) is 1.66. The summed E-state index contributed by atoms with van der Waals surface area (Å²) in [5.74, 6) is 8.33. The highest BCUT2D eigenvalue weighted by atomic mass is 35.5. The maximum absolute atomic E-state index is 12.5. The summed E-state index contributed by atoms with van der Waals surface area (Å²) in [4.78, 5) is 12.5. The van der Waals surface area contributed by atoms with Gasteiger partial charge in [0.2, 0.25) is 0 Å². The number of hydrogen-bond donors (Lipinski definition) is 1. The van der Waals surface area contributed by atoms with Crippen LogP contribution in [0.15, 0.2) is 29.8 Å². The summed E-state index contributed by atoms with van der Waals surface area (Å²) < 4.78 is 5.19. The zero-order chi connectivity index (χ0) is 16.9. The molecule has 0 heterocycles. The minimum Gasteiger partial charge on any atom is -0.497 e. The molecular weight excluding hydrogens is 334 g/mol.